The van der Waals surface area contributed by atoms with Crippen LogP contribution in [0.15, 0.2) is 12.1 Å². The fourth-order valence-electron chi connectivity index (χ4n) is 2.32. The molecule has 21 heavy (non-hydrogen) atoms. The number of nitrogens with zero attached hydrogens (tertiary/aromatic N) is 4. The normalized spacial score (nSPS) is 17.0. The Morgan fingerprint density at radius 3 is 2.81 bits per heavy atom. The van der Waals surface area contributed by atoms with Gasteiger partial charge in [-0.15, -0.1) is 0 Å². The molecule has 0 amide bonds. The van der Waals surface area contributed by atoms with Crippen molar-refractivity contribution in [1.29, 1.82) is 5.26 Å². The molecule has 0 atom stereocenters. The fraction of sp³-hybridized carbons (Fsp3) is 0.538. The first-order valence-electron chi connectivity index (χ1n) is 6.52. The van der Waals surface area contributed by atoms with Crippen LogP contribution >= 0.6 is 0 Å². The first-order valence-corrected chi connectivity index (χ1v) is 6.52. The van der Waals surface area contributed by atoms with Crippen LogP contribution in [0.3, 0.4) is 0 Å². The van der Waals surface area contributed by atoms with Gasteiger partial charge in [-0.05, 0) is 6.07 Å². The molecule has 2 rings (SSSR count). The molecule has 0 aromatic carbocycles. The average molecular weight is 292 g/mol. The van der Waals surface area contributed by atoms with E-state index >= 15 is 0 Å². The third-order valence-corrected chi connectivity index (χ3v) is 3.51. The van der Waals surface area contributed by atoms with E-state index in [1.54, 1.807) is 18.0 Å². The average Bonchev–Trinajstić information content (AvgIpc) is 2.46. The van der Waals surface area contributed by atoms with E-state index in [0.717, 1.165) is 0 Å². The van der Waals surface area contributed by atoms with Gasteiger partial charge in [-0.3, -0.25) is 10.1 Å². The predicted molar refractivity (Wildman–Crippen MR) is 73.9 cm³/mol. The highest BCUT2D eigenvalue weighted by molar-refractivity contribution is 5.51. The Bertz CT molecular complexity index is 578. The van der Waals surface area contributed by atoms with E-state index in [0.29, 0.717) is 38.4 Å². The first kappa shape index (κ1) is 15.2. The molecule has 1 fully saturated rings. The first-order chi connectivity index (χ1) is 9.95. The molecule has 0 spiro atoms. The van der Waals surface area contributed by atoms with Crippen LogP contribution in [-0.2, 0) is 4.74 Å². The summed E-state index contributed by atoms with van der Waals surface area (Å²) in [6.45, 7) is 1.33. The zero-order valence-electron chi connectivity index (χ0n) is 11.7. The molecule has 1 aromatic heterocycles. The van der Waals surface area contributed by atoms with Crippen molar-refractivity contribution in [1.82, 2.24) is 4.98 Å². The van der Waals surface area contributed by atoms with E-state index in [9.17, 15) is 15.2 Å². The summed E-state index contributed by atoms with van der Waals surface area (Å²) in [5.74, 6) is 0.414. The second-order valence-electron chi connectivity index (χ2n) is 5.10. The van der Waals surface area contributed by atoms with Gasteiger partial charge in [0, 0.05) is 45.7 Å². The number of aliphatic hydroxyl groups is 1. The molecular formula is C13H16N4O4. The number of hydrogen-bond acceptors (Lipinski definition) is 7. The quantitative estimate of drug-likeness (QED) is 0.646. The number of rotatable bonds is 4. The van der Waals surface area contributed by atoms with Gasteiger partial charge in [-0.2, -0.15) is 5.26 Å². The van der Waals surface area contributed by atoms with Crippen LogP contribution < -0.4 is 4.90 Å². The number of nitro groups is 1. The van der Waals surface area contributed by atoms with Gasteiger partial charge in [-0.1, -0.05) is 0 Å². The van der Waals surface area contributed by atoms with Crippen LogP contribution in [0.5, 0.6) is 0 Å². The Hall–Kier alpha value is -2.24. The molecule has 8 nitrogen and oxygen atoms in total. The summed E-state index contributed by atoms with van der Waals surface area (Å²) in [4.78, 5) is 15.8. The summed E-state index contributed by atoms with van der Waals surface area (Å²) in [5, 5.41) is 30.2. The van der Waals surface area contributed by atoms with Gasteiger partial charge in [0.15, 0.2) is 0 Å². The zero-order chi connectivity index (χ0) is 15.5. The number of nitriles is 1. The van der Waals surface area contributed by atoms with Gasteiger partial charge in [0.2, 0.25) is 5.69 Å². The second kappa shape index (κ2) is 6.03. The SMILES string of the molecule is CN(CC1(O)CCOCC1)c1ccc([N+](=O)[O-])c(C#N)n1. The van der Waals surface area contributed by atoms with Crippen molar-refractivity contribution in [2.24, 2.45) is 0 Å². The van der Waals surface area contributed by atoms with E-state index in [4.69, 9.17) is 10.00 Å². The topological polar surface area (TPSA) is 113 Å². The van der Waals surface area contributed by atoms with Gasteiger partial charge >= 0.3 is 5.69 Å². The minimum atomic E-state index is -0.872. The monoisotopic (exact) mass is 292 g/mol. The van der Waals surface area contributed by atoms with Crippen LogP contribution in [0.1, 0.15) is 18.5 Å². The molecule has 0 saturated carbocycles. The minimum absolute atomic E-state index is 0.233. The van der Waals surface area contributed by atoms with Gasteiger partial charge in [0.25, 0.3) is 0 Å². The molecule has 1 aromatic rings. The van der Waals surface area contributed by atoms with Crippen LogP contribution in [0.4, 0.5) is 11.5 Å². The molecule has 1 aliphatic rings. The van der Waals surface area contributed by atoms with E-state index in [1.807, 2.05) is 0 Å². The van der Waals surface area contributed by atoms with E-state index in [2.05, 4.69) is 4.98 Å². The summed E-state index contributed by atoms with van der Waals surface area (Å²) in [7, 11) is 1.72. The van der Waals surface area contributed by atoms with Crippen LogP contribution in [0, 0.1) is 21.4 Å². The Morgan fingerprint density at radius 2 is 2.24 bits per heavy atom. The molecule has 0 aliphatic carbocycles. The van der Waals surface area contributed by atoms with Crippen molar-refractivity contribution in [2.75, 3.05) is 31.7 Å². The van der Waals surface area contributed by atoms with Crippen molar-refractivity contribution >= 4 is 11.5 Å². The van der Waals surface area contributed by atoms with Gasteiger partial charge in [0.1, 0.15) is 11.9 Å². The Labute approximate surface area is 121 Å². The van der Waals surface area contributed by atoms with Crippen molar-refractivity contribution in [3.05, 3.63) is 27.9 Å². The fourth-order valence-corrected chi connectivity index (χ4v) is 2.32. The van der Waals surface area contributed by atoms with E-state index in [-0.39, 0.29) is 11.4 Å². The van der Waals surface area contributed by atoms with Crippen LogP contribution in [-0.4, -0.2) is 47.4 Å². The lowest BCUT2D eigenvalue weighted by molar-refractivity contribution is -0.385. The maximum absolute atomic E-state index is 10.8. The molecule has 1 saturated heterocycles. The third-order valence-electron chi connectivity index (χ3n) is 3.51. The zero-order valence-corrected chi connectivity index (χ0v) is 11.7. The van der Waals surface area contributed by atoms with Crippen molar-refractivity contribution < 1.29 is 14.8 Å². The number of hydrogen-bond donors (Lipinski definition) is 1. The van der Waals surface area contributed by atoms with E-state index in [1.165, 1.54) is 12.1 Å². The lowest BCUT2D eigenvalue weighted by Gasteiger charge is -2.35. The smallest absolute Gasteiger partial charge is 0.305 e. The second-order valence-corrected chi connectivity index (χ2v) is 5.10. The summed E-state index contributed by atoms with van der Waals surface area (Å²) in [6, 6.07) is 4.45. The van der Waals surface area contributed by atoms with Crippen molar-refractivity contribution in [3.63, 3.8) is 0 Å². The predicted octanol–water partition coefficient (Wildman–Crippen LogP) is 0.839. The Kier molecular flexibility index (Phi) is 4.35. The number of aromatic nitrogens is 1. The van der Waals surface area contributed by atoms with E-state index < -0.39 is 10.5 Å². The lowest BCUT2D eigenvalue weighted by atomic mass is 9.94. The maximum Gasteiger partial charge on any atom is 0.305 e. The molecule has 112 valence electrons. The molecule has 1 N–H and O–H groups in total. The highest BCUT2D eigenvalue weighted by Crippen LogP contribution is 2.25. The molecule has 2 heterocycles. The van der Waals surface area contributed by atoms with Gasteiger partial charge in [-0.25, -0.2) is 4.98 Å². The number of ether oxygens (including phenoxy) is 1. The molecular weight excluding hydrogens is 276 g/mol. The largest absolute Gasteiger partial charge is 0.388 e. The van der Waals surface area contributed by atoms with Crippen LogP contribution in [0.2, 0.25) is 0 Å². The summed E-state index contributed by atoms with van der Waals surface area (Å²) >= 11 is 0. The lowest BCUT2D eigenvalue weighted by Crippen LogP contribution is -2.46. The van der Waals surface area contributed by atoms with Crippen LogP contribution in [0.25, 0.3) is 0 Å². The Morgan fingerprint density at radius 1 is 1.57 bits per heavy atom. The number of pyridine rings is 1. The third kappa shape index (κ3) is 3.45. The highest BCUT2D eigenvalue weighted by Gasteiger charge is 2.31. The molecule has 0 radical (unpaired) electrons. The molecule has 8 heteroatoms. The van der Waals surface area contributed by atoms with Crippen molar-refractivity contribution in [2.45, 2.75) is 18.4 Å². The maximum atomic E-state index is 10.8. The van der Waals surface area contributed by atoms with Crippen molar-refractivity contribution in [3.8, 4) is 6.07 Å². The minimum Gasteiger partial charge on any atom is -0.388 e. The standard InChI is InChI=1S/C13H16N4O4/c1-16(9-13(18)4-6-21-7-5-13)12-3-2-11(17(19)20)10(8-14)15-12/h2-3,18H,4-7,9H2,1H3. The molecule has 0 bridgehead atoms. The number of likely N-dealkylation sites (N-methyl/N-ethyl adjacent to an activating group) is 1. The number of anilines is 1. The Balaban J connectivity index is 2.18. The summed E-state index contributed by atoms with van der Waals surface area (Å²) < 4.78 is 5.22. The summed E-state index contributed by atoms with van der Waals surface area (Å²) in [5.41, 5.74) is -1.42. The molecule has 0 unspecified atom stereocenters. The molecule has 1 aliphatic heterocycles. The van der Waals surface area contributed by atoms with Gasteiger partial charge in [0.05, 0.1) is 10.5 Å². The summed E-state index contributed by atoms with van der Waals surface area (Å²) in [6.07, 6.45) is 1.05. The van der Waals surface area contributed by atoms with Gasteiger partial charge < -0.3 is 14.7 Å². The highest BCUT2D eigenvalue weighted by atomic mass is 16.6.